The highest BCUT2D eigenvalue weighted by Crippen LogP contribution is 2.28. The van der Waals surface area contributed by atoms with Crippen molar-refractivity contribution < 1.29 is 9.18 Å². The number of thioether (sulfide) groups is 1. The molecule has 148 valence electrons. The number of nitrogens with two attached hydrogens (primary N) is 1. The zero-order chi connectivity index (χ0) is 20.4. The van der Waals surface area contributed by atoms with E-state index >= 15 is 0 Å². The number of carbonyl (C=O) groups is 1. The Kier molecular flexibility index (Phi) is 5.35. The lowest BCUT2D eigenvalue weighted by Crippen LogP contribution is -2.36. The molecule has 0 fully saturated rings. The molecule has 1 aliphatic rings. The molecule has 1 amide bonds. The molecule has 0 saturated heterocycles. The van der Waals surface area contributed by atoms with Gasteiger partial charge < -0.3 is 10.6 Å². The lowest BCUT2D eigenvalue weighted by atomic mass is 10.0. The fourth-order valence-electron chi connectivity index (χ4n) is 3.42. The molecular weight excluding hydrogens is 391 g/mol. The Hall–Kier alpha value is -3.13. The van der Waals surface area contributed by atoms with E-state index in [1.807, 2.05) is 24.3 Å². The molecule has 0 saturated carbocycles. The lowest BCUT2D eigenvalue weighted by molar-refractivity contribution is -0.116. The van der Waals surface area contributed by atoms with Crippen molar-refractivity contribution in [2.24, 2.45) is 0 Å². The third-order valence-electron chi connectivity index (χ3n) is 4.75. The number of carbonyl (C=O) groups excluding carboxylic acids is 1. The third-order valence-corrected chi connectivity index (χ3v) is 5.67. The molecule has 6 nitrogen and oxygen atoms in total. The summed E-state index contributed by atoms with van der Waals surface area (Å²) in [6, 6.07) is 14.8. The molecule has 0 spiro atoms. The minimum Gasteiger partial charge on any atom is -0.385 e. The molecule has 0 bridgehead atoms. The largest absolute Gasteiger partial charge is 0.385 e. The van der Waals surface area contributed by atoms with E-state index in [2.05, 4.69) is 4.98 Å². The van der Waals surface area contributed by atoms with Crippen molar-refractivity contribution in [3.63, 3.8) is 0 Å². The normalized spacial score (nSPS) is 13.2. The van der Waals surface area contributed by atoms with Gasteiger partial charge in [-0.3, -0.25) is 14.2 Å². The van der Waals surface area contributed by atoms with Gasteiger partial charge in [0.25, 0.3) is 5.56 Å². The molecule has 2 aromatic carbocycles. The number of nitrogens with zero attached hydrogens (tertiary/aromatic N) is 3. The summed E-state index contributed by atoms with van der Waals surface area (Å²) in [6.07, 6.45) is 1.86. The van der Waals surface area contributed by atoms with E-state index in [1.165, 1.54) is 18.2 Å². The third kappa shape index (κ3) is 4.02. The molecule has 2 heterocycles. The van der Waals surface area contributed by atoms with E-state index in [4.69, 9.17) is 5.73 Å². The van der Waals surface area contributed by atoms with E-state index in [1.54, 1.807) is 21.6 Å². The summed E-state index contributed by atoms with van der Waals surface area (Å²) in [5, 5.41) is 0.292. The van der Waals surface area contributed by atoms with Crippen LogP contribution in [-0.4, -0.2) is 27.8 Å². The zero-order valence-electron chi connectivity index (χ0n) is 15.5. The standard InChI is InChI=1S/C21H19FN4O2S/c22-15-7-9-16(10-8-15)26-18(23)12-19(27)24-21(26)29-13-20(28)25-11-3-5-14-4-1-2-6-17(14)25/h1-2,4,6-10,12H,3,5,11,13,23H2. The molecule has 8 heteroatoms. The van der Waals surface area contributed by atoms with Gasteiger partial charge in [0.1, 0.15) is 11.6 Å². The summed E-state index contributed by atoms with van der Waals surface area (Å²) in [6.45, 7) is 0.658. The second kappa shape index (κ2) is 8.08. The van der Waals surface area contributed by atoms with Crippen molar-refractivity contribution in [1.82, 2.24) is 9.55 Å². The first-order valence-corrected chi connectivity index (χ1v) is 10.2. The van der Waals surface area contributed by atoms with Crippen LogP contribution in [0.5, 0.6) is 0 Å². The van der Waals surface area contributed by atoms with Crippen molar-refractivity contribution in [3.05, 3.63) is 76.3 Å². The molecule has 0 aliphatic carbocycles. The van der Waals surface area contributed by atoms with Crippen LogP contribution < -0.4 is 16.2 Å². The highest BCUT2D eigenvalue weighted by molar-refractivity contribution is 7.99. The van der Waals surface area contributed by atoms with Crippen molar-refractivity contribution in [3.8, 4) is 5.69 Å². The highest BCUT2D eigenvalue weighted by atomic mass is 32.2. The van der Waals surface area contributed by atoms with Crippen LogP contribution in [0.15, 0.2) is 64.5 Å². The van der Waals surface area contributed by atoms with Gasteiger partial charge in [0.05, 0.1) is 5.75 Å². The summed E-state index contributed by atoms with van der Waals surface area (Å²) in [7, 11) is 0. The van der Waals surface area contributed by atoms with Gasteiger partial charge in [-0.1, -0.05) is 30.0 Å². The second-order valence-electron chi connectivity index (χ2n) is 6.68. The van der Waals surface area contributed by atoms with Crippen LogP contribution in [0.3, 0.4) is 0 Å². The first-order chi connectivity index (χ1) is 14.0. The van der Waals surface area contributed by atoms with Crippen LogP contribution in [0, 0.1) is 5.82 Å². The number of nitrogen functional groups attached to an aromatic ring is 1. The van der Waals surface area contributed by atoms with Gasteiger partial charge in [-0.2, -0.15) is 4.98 Å². The monoisotopic (exact) mass is 410 g/mol. The second-order valence-corrected chi connectivity index (χ2v) is 7.62. The van der Waals surface area contributed by atoms with Crippen LogP contribution >= 0.6 is 11.8 Å². The number of anilines is 2. The first-order valence-electron chi connectivity index (χ1n) is 9.19. The van der Waals surface area contributed by atoms with E-state index in [0.717, 1.165) is 35.9 Å². The van der Waals surface area contributed by atoms with E-state index < -0.39 is 5.56 Å². The quantitative estimate of drug-likeness (QED) is 0.528. The van der Waals surface area contributed by atoms with E-state index in [0.29, 0.717) is 17.4 Å². The maximum Gasteiger partial charge on any atom is 0.275 e. The zero-order valence-corrected chi connectivity index (χ0v) is 16.4. The predicted molar refractivity (Wildman–Crippen MR) is 112 cm³/mol. The van der Waals surface area contributed by atoms with Gasteiger partial charge in [-0.15, -0.1) is 0 Å². The predicted octanol–water partition coefficient (Wildman–Crippen LogP) is 3.03. The Morgan fingerprint density at radius 3 is 2.72 bits per heavy atom. The van der Waals surface area contributed by atoms with Crippen molar-refractivity contribution in [1.29, 1.82) is 0 Å². The van der Waals surface area contributed by atoms with Crippen LogP contribution in [0.4, 0.5) is 15.9 Å². The first kappa shape index (κ1) is 19.2. The topological polar surface area (TPSA) is 81.2 Å². The van der Waals surface area contributed by atoms with Crippen molar-refractivity contribution in [2.45, 2.75) is 18.0 Å². The number of aromatic nitrogens is 2. The molecule has 0 unspecified atom stereocenters. The summed E-state index contributed by atoms with van der Waals surface area (Å²) in [5.41, 5.74) is 8.19. The molecule has 1 aromatic heterocycles. The number of amides is 1. The summed E-state index contributed by atoms with van der Waals surface area (Å²) in [4.78, 5) is 30.6. The molecule has 1 aliphatic heterocycles. The Labute approximate surface area is 171 Å². The van der Waals surface area contributed by atoms with Gasteiger partial charge in [0.15, 0.2) is 5.16 Å². The number of halogens is 1. The molecule has 0 radical (unpaired) electrons. The average molecular weight is 410 g/mol. The maximum atomic E-state index is 13.3. The molecule has 3 aromatic rings. The smallest absolute Gasteiger partial charge is 0.275 e. The Morgan fingerprint density at radius 1 is 1.17 bits per heavy atom. The fourth-order valence-corrected chi connectivity index (χ4v) is 4.32. The molecule has 0 atom stereocenters. The minimum atomic E-state index is -0.487. The van der Waals surface area contributed by atoms with Gasteiger partial charge in [0.2, 0.25) is 5.91 Å². The van der Waals surface area contributed by atoms with E-state index in [9.17, 15) is 14.0 Å². The minimum absolute atomic E-state index is 0.0653. The Bertz CT molecular complexity index is 1110. The van der Waals surface area contributed by atoms with Crippen molar-refractivity contribution in [2.75, 3.05) is 22.9 Å². The number of hydrogen-bond donors (Lipinski definition) is 1. The number of hydrogen-bond acceptors (Lipinski definition) is 5. The summed E-state index contributed by atoms with van der Waals surface area (Å²) >= 11 is 1.14. The molecule has 29 heavy (non-hydrogen) atoms. The molecular formula is C21H19FN4O2S. The van der Waals surface area contributed by atoms with Gasteiger partial charge >= 0.3 is 0 Å². The van der Waals surface area contributed by atoms with Crippen LogP contribution in [0.1, 0.15) is 12.0 Å². The lowest BCUT2D eigenvalue weighted by Gasteiger charge is -2.29. The fraction of sp³-hybridized carbons (Fsp3) is 0.190. The highest BCUT2D eigenvalue weighted by Gasteiger charge is 2.23. The summed E-state index contributed by atoms with van der Waals surface area (Å²) in [5.74, 6) is -0.167. The number of benzene rings is 2. The number of fused-ring (bicyclic) bond motifs is 1. The average Bonchev–Trinajstić information content (AvgIpc) is 2.72. The maximum absolute atomic E-state index is 13.3. The van der Waals surface area contributed by atoms with Crippen molar-refractivity contribution >= 4 is 29.2 Å². The van der Waals surface area contributed by atoms with Crippen LogP contribution in [-0.2, 0) is 11.2 Å². The number of rotatable bonds is 4. The SMILES string of the molecule is Nc1cc(=O)nc(SCC(=O)N2CCCc3ccccc32)n1-c1ccc(F)cc1. The van der Waals surface area contributed by atoms with Gasteiger partial charge in [-0.25, -0.2) is 4.39 Å². The summed E-state index contributed by atoms with van der Waals surface area (Å²) < 4.78 is 14.8. The van der Waals surface area contributed by atoms with E-state index in [-0.39, 0.29) is 23.3 Å². The van der Waals surface area contributed by atoms with Crippen LogP contribution in [0.25, 0.3) is 5.69 Å². The van der Waals surface area contributed by atoms with Crippen LogP contribution in [0.2, 0.25) is 0 Å². The van der Waals surface area contributed by atoms with Gasteiger partial charge in [0, 0.05) is 24.0 Å². The number of para-hydroxylation sites is 1. The Morgan fingerprint density at radius 2 is 1.93 bits per heavy atom. The van der Waals surface area contributed by atoms with Gasteiger partial charge in [-0.05, 0) is 48.7 Å². The Balaban J connectivity index is 1.60. The molecule has 2 N–H and O–H groups in total. The number of aryl methyl sites for hydroxylation is 1. The molecule has 4 rings (SSSR count).